The molecule has 2 heterocycles. The monoisotopic (exact) mass is 277 g/mol. The van der Waals surface area contributed by atoms with Crippen molar-refractivity contribution in [2.75, 3.05) is 25.0 Å². The lowest BCUT2D eigenvalue weighted by atomic mass is 10.0. The van der Waals surface area contributed by atoms with Crippen LogP contribution in [-0.2, 0) is 4.79 Å². The molecule has 1 aliphatic carbocycles. The van der Waals surface area contributed by atoms with Gasteiger partial charge in [-0.1, -0.05) is 0 Å². The maximum absolute atomic E-state index is 12.9. The van der Waals surface area contributed by atoms with Crippen LogP contribution in [0.1, 0.15) is 25.7 Å². The summed E-state index contributed by atoms with van der Waals surface area (Å²) in [7, 11) is 1.93. The van der Waals surface area contributed by atoms with E-state index in [4.69, 9.17) is 0 Å². The summed E-state index contributed by atoms with van der Waals surface area (Å²) in [6, 6.07) is 3.49. The van der Waals surface area contributed by atoms with E-state index >= 15 is 0 Å². The van der Waals surface area contributed by atoms with E-state index in [2.05, 4.69) is 9.88 Å². The average molecular weight is 277 g/mol. The van der Waals surface area contributed by atoms with Gasteiger partial charge in [0.1, 0.15) is 11.6 Å². The molecule has 108 valence electrons. The quantitative estimate of drug-likeness (QED) is 0.848. The molecule has 0 atom stereocenters. The SMILES string of the molecule is CN(C(=O)C1CC1)C1CCN(c2ccc(F)cn2)CC1. The third kappa shape index (κ3) is 2.76. The van der Waals surface area contributed by atoms with Crippen LogP contribution in [0.5, 0.6) is 0 Å². The minimum atomic E-state index is -0.307. The molecule has 0 bridgehead atoms. The van der Waals surface area contributed by atoms with E-state index in [1.54, 1.807) is 6.07 Å². The highest BCUT2D eigenvalue weighted by Crippen LogP contribution is 2.32. The Labute approximate surface area is 118 Å². The lowest BCUT2D eigenvalue weighted by molar-refractivity contribution is -0.133. The number of amides is 1. The predicted octanol–water partition coefficient (Wildman–Crippen LogP) is 2.06. The molecular formula is C15H20FN3O. The summed E-state index contributed by atoms with van der Waals surface area (Å²) in [5.41, 5.74) is 0. The van der Waals surface area contributed by atoms with Crippen molar-refractivity contribution in [2.45, 2.75) is 31.7 Å². The molecule has 2 aliphatic rings. The first-order valence-corrected chi connectivity index (χ1v) is 7.28. The lowest BCUT2D eigenvalue weighted by Gasteiger charge is -2.37. The van der Waals surface area contributed by atoms with Gasteiger partial charge in [-0.15, -0.1) is 0 Å². The number of carbonyl (C=O) groups is 1. The van der Waals surface area contributed by atoms with E-state index in [0.717, 1.165) is 44.6 Å². The predicted molar refractivity (Wildman–Crippen MR) is 74.9 cm³/mol. The van der Waals surface area contributed by atoms with Crippen molar-refractivity contribution in [1.29, 1.82) is 0 Å². The fourth-order valence-corrected chi connectivity index (χ4v) is 2.84. The number of hydrogen-bond acceptors (Lipinski definition) is 3. The third-order valence-corrected chi connectivity index (χ3v) is 4.32. The molecule has 1 saturated carbocycles. The van der Waals surface area contributed by atoms with Gasteiger partial charge >= 0.3 is 0 Å². The standard InChI is InChI=1S/C15H20FN3O/c1-18(15(20)11-2-3-11)13-6-8-19(9-7-13)14-5-4-12(16)10-17-14/h4-5,10-11,13H,2-3,6-9H2,1H3. The van der Waals surface area contributed by atoms with Crippen LogP contribution >= 0.6 is 0 Å². The van der Waals surface area contributed by atoms with Crippen LogP contribution in [0.15, 0.2) is 18.3 Å². The van der Waals surface area contributed by atoms with Gasteiger partial charge in [0.25, 0.3) is 0 Å². The molecule has 0 radical (unpaired) electrons. The Morgan fingerprint density at radius 1 is 1.30 bits per heavy atom. The lowest BCUT2D eigenvalue weighted by Crippen LogP contribution is -2.46. The summed E-state index contributed by atoms with van der Waals surface area (Å²) in [5.74, 6) is 1.11. The number of nitrogens with zero attached hydrogens (tertiary/aromatic N) is 3. The molecule has 1 aromatic heterocycles. The molecule has 0 N–H and O–H groups in total. The summed E-state index contributed by atoms with van der Waals surface area (Å²) in [5, 5.41) is 0. The van der Waals surface area contributed by atoms with Crippen LogP contribution in [0.4, 0.5) is 10.2 Å². The van der Waals surface area contributed by atoms with Gasteiger partial charge in [-0.05, 0) is 37.8 Å². The molecule has 20 heavy (non-hydrogen) atoms. The molecule has 0 aromatic carbocycles. The summed E-state index contributed by atoms with van der Waals surface area (Å²) in [6.45, 7) is 1.73. The molecule has 0 unspecified atom stereocenters. The van der Waals surface area contributed by atoms with Crippen molar-refractivity contribution in [1.82, 2.24) is 9.88 Å². The maximum Gasteiger partial charge on any atom is 0.225 e. The molecule has 3 rings (SSSR count). The smallest absolute Gasteiger partial charge is 0.225 e. The van der Waals surface area contributed by atoms with Crippen LogP contribution < -0.4 is 4.90 Å². The van der Waals surface area contributed by atoms with Crippen LogP contribution in [0.25, 0.3) is 0 Å². The topological polar surface area (TPSA) is 36.4 Å². The second-order valence-electron chi connectivity index (χ2n) is 5.78. The van der Waals surface area contributed by atoms with E-state index in [1.807, 2.05) is 11.9 Å². The molecule has 1 aromatic rings. The van der Waals surface area contributed by atoms with Gasteiger partial charge in [0.15, 0.2) is 0 Å². The average Bonchev–Trinajstić information content (AvgIpc) is 3.31. The van der Waals surface area contributed by atoms with Crippen LogP contribution in [-0.4, -0.2) is 42.0 Å². The first-order chi connectivity index (χ1) is 9.65. The summed E-state index contributed by atoms with van der Waals surface area (Å²) in [4.78, 5) is 20.3. The van der Waals surface area contributed by atoms with Gasteiger partial charge in [0, 0.05) is 32.1 Å². The highest BCUT2D eigenvalue weighted by Gasteiger charge is 2.35. The van der Waals surface area contributed by atoms with Crippen molar-refractivity contribution in [3.05, 3.63) is 24.1 Å². The number of aromatic nitrogens is 1. The number of anilines is 1. The van der Waals surface area contributed by atoms with E-state index in [0.29, 0.717) is 11.9 Å². The Morgan fingerprint density at radius 3 is 2.55 bits per heavy atom. The molecule has 4 nitrogen and oxygen atoms in total. The van der Waals surface area contributed by atoms with Gasteiger partial charge in [-0.2, -0.15) is 0 Å². The Balaban J connectivity index is 1.56. The van der Waals surface area contributed by atoms with Crippen molar-refractivity contribution < 1.29 is 9.18 Å². The zero-order valence-electron chi connectivity index (χ0n) is 11.8. The second-order valence-corrected chi connectivity index (χ2v) is 5.78. The van der Waals surface area contributed by atoms with Crippen molar-refractivity contribution in [3.8, 4) is 0 Å². The van der Waals surface area contributed by atoms with Crippen LogP contribution in [0, 0.1) is 11.7 Å². The molecular weight excluding hydrogens is 257 g/mol. The first-order valence-electron chi connectivity index (χ1n) is 7.28. The van der Waals surface area contributed by atoms with Gasteiger partial charge in [0.2, 0.25) is 5.91 Å². The van der Waals surface area contributed by atoms with Crippen molar-refractivity contribution >= 4 is 11.7 Å². The fraction of sp³-hybridized carbons (Fsp3) is 0.600. The minimum Gasteiger partial charge on any atom is -0.356 e. The fourth-order valence-electron chi connectivity index (χ4n) is 2.84. The molecule has 1 amide bonds. The van der Waals surface area contributed by atoms with E-state index < -0.39 is 0 Å². The number of carbonyl (C=O) groups excluding carboxylic acids is 1. The number of rotatable bonds is 3. The number of halogens is 1. The number of piperidine rings is 1. The van der Waals surface area contributed by atoms with Gasteiger partial charge in [0.05, 0.1) is 6.20 Å². The highest BCUT2D eigenvalue weighted by atomic mass is 19.1. The number of hydrogen-bond donors (Lipinski definition) is 0. The Bertz CT molecular complexity index is 478. The molecule has 2 fully saturated rings. The van der Waals surface area contributed by atoms with Crippen LogP contribution in [0.3, 0.4) is 0 Å². The van der Waals surface area contributed by atoms with Gasteiger partial charge in [-0.25, -0.2) is 9.37 Å². The Morgan fingerprint density at radius 2 is 2.00 bits per heavy atom. The van der Waals surface area contributed by atoms with Gasteiger partial charge < -0.3 is 9.80 Å². The van der Waals surface area contributed by atoms with Gasteiger partial charge in [-0.3, -0.25) is 4.79 Å². The largest absolute Gasteiger partial charge is 0.356 e. The normalized spacial score (nSPS) is 20.0. The van der Waals surface area contributed by atoms with Crippen LogP contribution in [0.2, 0.25) is 0 Å². The summed E-state index contributed by atoms with van der Waals surface area (Å²) < 4.78 is 12.9. The van der Waals surface area contributed by atoms with E-state index in [9.17, 15) is 9.18 Å². The Hall–Kier alpha value is -1.65. The first kappa shape index (κ1) is 13.3. The second kappa shape index (κ2) is 5.38. The maximum atomic E-state index is 12.9. The zero-order chi connectivity index (χ0) is 14.1. The van der Waals surface area contributed by atoms with Crippen molar-refractivity contribution in [3.63, 3.8) is 0 Å². The Kier molecular flexibility index (Phi) is 3.59. The summed E-state index contributed by atoms with van der Waals surface area (Å²) in [6.07, 6.45) is 5.27. The zero-order valence-corrected chi connectivity index (χ0v) is 11.8. The molecule has 1 saturated heterocycles. The van der Waals surface area contributed by atoms with E-state index in [1.165, 1.54) is 12.3 Å². The van der Waals surface area contributed by atoms with E-state index in [-0.39, 0.29) is 11.7 Å². The highest BCUT2D eigenvalue weighted by molar-refractivity contribution is 5.81. The minimum absolute atomic E-state index is 0.289. The molecule has 5 heteroatoms. The molecule has 0 spiro atoms. The summed E-state index contributed by atoms with van der Waals surface area (Å²) >= 11 is 0. The van der Waals surface area contributed by atoms with Crippen molar-refractivity contribution in [2.24, 2.45) is 5.92 Å². The molecule has 1 aliphatic heterocycles. The third-order valence-electron chi connectivity index (χ3n) is 4.32. The number of pyridine rings is 1.